The maximum atomic E-state index is 14.1. The van der Waals surface area contributed by atoms with Crippen LogP contribution >= 0.6 is 0 Å². The fraction of sp³-hybridized carbons (Fsp3) is 0.375. The first-order valence-electron chi connectivity index (χ1n) is 11.3. The Hall–Kier alpha value is -3.99. The molecule has 1 spiro atoms. The van der Waals surface area contributed by atoms with E-state index >= 15 is 0 Å². The van der Waals surface area contributed by atoms with Crippen molar-refractivity contribution >= 4 is 34.8 Å². The van der Waals surface area contributed by atoms with E-state index in [2.05, 4.69) is 5.32 Å². The Morgan fingerprint density at radius 2 is 1.89 bits per heavy atom. The van der Waals surface area contributed by atoms with Gasteiger partial charge in [0.2, 0.25) is 17.7 Å². The highest BCUT2D eigenvalue weighted by molar-refractivity contribution is 6.26. The number of methoxy groups -OCH3 is 2. The second-order valence-electron chi connectivity index (χ2n) is 9.16. The quantitative estimate of drug-likeness (QED) is 0.401. The average molecular weight is 478 g/mol. The highest BCUT2D eigenvalue weighted by Crippen LogP contribution is 2.61. The zero-order chi connectivity index (χ0) is 24.6. The maximum absolute atomic E-state index is 14.1. The van der Waals surface area contributed by atoms with Gasteiger partial charge in [0.05, 0.1) is 31.0 Å². The van der Waals surface area contributed by atoms with Gasteiger partial charge in [0.1, 0.15) is 22.7 Å². The van der Waals surface area contributed by atoms with Gasteiger partial charge in [-0.1, -0.05) is 0 Å². The van der Waals surface area contributed by atoms with Gasteiger partial charge in [-0.15, -0.1) is 0 Å². The highest BCUT2D eigenvalue weighted by Gasteiger charge is 2.74. The number of non-ortho nitro benzene ring substituents is 1. The Morgan fingerprint density at radius 3 is 2.60 bits per heavy atom. The zero-order valence-electron chi connectivity index (χ0n) is 19.0. The van der Waals surface area contributed by atoms with Gasteiger partial charge in [-0.2, -0.15) is 0 Å². The molecule has 11 nitrogen and oxygen atoms in total. The van der Waals surface area contributed by atoms with E-state index in [4.69, 9.17) is 9.47 Å². The minimum atomic E-state index is -1.37. The summed E-state index contributed by atoms with van der Waals surface area (Å²) in [6.45, 7) is 0.572. The first-order valence-corrected chi connectivity index (χ1v) is 11.3. The molecule has 180 valence electrons. The number of imide groups is 1. The van der Waals surface area contributed by atoms with Crippen molar-refractivity contribution < 1.29 is 28.8 Å². The van der Waals surface area contributed by atoms with Crippen LogP contribution in [-0.4, -0.2) is 54.4 Å². The molecule has 2 aromatic carbocycles. The lowest BCUT2D eigenvalue weighted by atomic mass is 9.75. The van der Waals surface area contributed by atoms with Gasteiger partial charge in [-0.3, -0.25) is 29.4 Å². The molecular weight excluding hydrogens is 456 g/mol. The molecule has 4 heterocycles. The number of nitro groups is 1. The van der Waals surface area contributed by atoms with Crippen LogP contribution in [0.3, 0.4) is 0 Å². The molecule has 4 atom stereocenters. The second kappa shape index (κ2) is 7.25. The predicted molar refractivity (Wildman–Crippen MR) is 122 cm³/mol. The van der Waals surface area contributed by atoms with E-state index in [9.17, 15) is 24.5 Å². The van der Waals surface area contributed by atoms with Gasteiger partial charge in [0.15, 0.2) is 0 Å². The van der Waals surface area contributed by atoms with Gasteiger partial charge >= 0.3 is 0 Å². The number of carbonyl (C=O) groups is 3. The molecule has 3 saturated heterocycles. The molecule has 1 N–H and O–H groups in total. The lowest BCUT2D eigenvalue weighted by molar-refractivity contribution is -0.384. The van der Waals surface area contributed by atoms with Crippen molar-refractivity contribution in [1.29, 1.82) is 0 Å². The molecule has 35 heavy (non-hydrogen) atoms. The standard InChI is InChI=1S/C24H22N4O7/c1-34-13-6-7-15-14(11-13)24(23(31)25-15)20-19(16-4-3-9-26(16)24)21(29)27(22(20)30)17-10-12(28(32)33)5-8-18(17)35-2/h5-8,10-11,16,19-20H,3-4,9H2,1-2H3,(H,25,31)/t16-,19-,20-,24-/m1/s1. The molecule has 4 aliphatic heterocycles. The number of carbonyl (C=O) groups excluding carboxylic acids is 3. The summed E-state index contributed by atoms with van der Waals surface area (Å²) < 4.78 is 10.8. The molecule has 3 amide bonds. The molecule has 0 radical (unpaired) electrons. The molecule has 11 heteroatoms. The van der Waals surface area contributed by atoms with Crippen LogP contribution in [0.5, 0.6) is 11.5 Å². The van der Waals surface area contributed by atoms with Gasteiger partial charge in [0, 0.05) is 29.4 Å². The number of hydrogen-bond acceptors (Lipinski definition) is 8. The van der Waals surface area contributed by atoms with Crippen molar-refractivity contribution in [2.24, 2.45) is 11.8 Å². The molecule has 0 aliphatic carbocycles. The first-order chi connectivity index (χ1) is 16.8. The molecular formula is C24H22N4O7. The Kier molecular flexibility index (Phi) is 4.46. The van der Waals surface area contributed by atoms with E-state index in [0.717, 1.165) is 11.3 Å². The van der Waals surface area contributed by atoms with E-state index in [1.807, 2.05) is 4.90 Å². The molecule has 2 aromatic rings. The summed E-state index contributed by atoms with van der Waals surface area (Å²) in [4.78, 5) is 55.5. The van der Waals surface area contributed by atoms with Crippen LogP contribution in [0.1, 0.15) is 18.4 Å². The van der Waals surface area contributed by atoms with Gasteiger partial charge in [-0.25, -0.2) is 4.90 Å². The fourth-order valence-corrected chi connectivity index (χ4v) is 6.51. The number of ether oxygens (including phenoxy) is 2. The van der Waals surface area contributed by atoms with E-state index in [0.29, 0.717) is 30.0 Å². The number of rotatable bonds is 4. The minimum Gasteiger partial charge on any atom is -0.497 e. The van der Waals surface area contributed by atoms with Crippen molar-refractivity contribution in [1.82, 2.24) is 4.90 Å². The van der Waals surface area contributed by atoms with E-state index in [1.54, 1.807) is 18.2 Å². The third-order valence-electron chi connectivity index (χ3n) is 7.81. The summed E-state index contributed by atoms with van der Waals surface area (Å²) >= 11 is 0. The first kappa shape index (κ1) is 21.5. The van der Waals surface area contributed by atoms with Crippen LogP contribution in [0.2, 0.25) is 0 Å². The van der Waals surface area contributed by atoms with Gasteiger partial charge < -0.3 is 14.8 Å². The maximum Gasteiger partial charge on any atom is 0.271 e. The van der Waals surface area contributed by atoms with Crippen LogP contribution in [-0.2, 0) is 19.9 Å². The third-order valence-corrected chi connectivity index (χ3v) is 7.81. The van der Waals surface area contributed by atoms with Crippen LogP contribution in [0.25, 0.3) is 0 Å². The molecule has 6 rings (SSSR count). The highest BCUT2D eigenvalue weighted by atomic mass is 16.6. The number of nitrogens with zero attached hydrogens (tertiary/aromatic N) is 3. The van der Waals surface area contributed by atoms with Crippen molar-refractivity contribution in [3.05, 3.63) is 52.1 Å². The Labute approximate surface area is 199 Å². The Balaban J connectivity index is 1.55. The largest absolute Gasteiger partial charge is 0.497 e. The monoisotopic (exact) mass is 478 g/mol. The number of amides is 3. The number of anilines is 2. The van der Waals surface area contributed by atoms with Crippen LogP contribution < -0.4 is 19.7 Å². The summed E-state index contributed by atoms with van der Waals surface area (Å²) in [7, 11) is 2.89. The smallest absolute Gasteiger partial charge is 0.271 e. The van der Waals surface area contributed by atoms with Crippen LogP contribution in [0.4, 0.5) is 17.1 Å². The van der Waals surface area contributed by atoms with E-state index in [-0.39, 0.29) is 29.1 Å². The van der Waals surface area contributed by atoms with Crippen molar-refractivity contribution in [3.8, 4) is 11.5 Å². The molecule has 0 aromatic heterocycles. The zero-order valence-corrected chi connectivity index (χ0v) is 19.0. The molecule has 0 saturated carbocycles. The Bertz CT molecular complexity index is 1330. The second-order valence-corrected chi connectivity index (χ2v) is 9.16. The topological polar surface area (TPSA) is 131 Å². The van der Waals surface area contributed by atoms with Crippen molar-refractivity contribution in [2.75, 3.05) is 31.0 Å². The molecule has 4 aliphatic rings. The summed E-state index contributed by atoms with van der Waals surface area (Å²) in [6, 6.07) is 8.69. The molecule has 0 unspecified atom stereocenters. The lowest BCUT2D eigenvalue weighted by Gasteiger charge is -2.36. The average Bonchev–Trinajstić information content (AvgIpc) is 3.56. The van der Waals surface area contributed by atoms with Crippen LogP contribution in [0, 0.1) is 22.0 Å². The number of fused-ring (bicyclic) bond motifs is 7. The van der Waals surface area contributed by atoms with Crippen molar-refractivity contribution in [2.45, 2.75) is 24.4 Å². The molecule has 3 fully saturated rings. The van der Waals surface area contributed by atoms with E-state index < -0.39 is 34.1 Å². The molecule has 0 bridgehead atoms. The Morgan fingerprint density at radius 1 is 1.09 bits per heavy atom. The number of nitrogens with one attached hydrogen (secondary N) is 1. The minimum absolute atomic E-state index is 0.00932. The van der Waals surface area contributed by atoms with Crippen LogP contribution in [0.15, 0.2) is 36.4 Å². The fourth-order valence-electron chi connectivity index (χ4n) is 6.51. The third kappa shape index (κ3) is 2.55. The van der Waals surface area contributed by atoms with Crippen molar-refractivity contribution in [3.63, 3.8) is 0 Å². The number of hydrogen-bond donors (Lipinski definition) is 1. The lowest BCUT2D eigenvalue weighted by Crippen LogP contribution is -2.54. The number of nitro benzene ring substituents is 1. The van der Waals surface area contributed by atoms with E-state index in [1.165, 1.54) is 32.4 Å². The normalized spacial score (nSPS) is 28.8. The SMILES string of the molecule is COc1ccc2c(c1)[C@]1(C(=O)N2)[C@H]2C(=O)N(c3cc([N+](=O)[O-])ccc3OC)C(=O)[C@@H]2[C@H]2CCCN21. The summed E-state index contributed by atoms with van der Waals surface area (Å²) in [5.41, 5.74) is -0.450. The summed E-state index contributed by atoms with van der Waals surface area (Å²) in [6.07, 6.45) is 1.44. The van der Waals surface area contributed by atoms with Gasteiger partial charge in [-0.05, 0) is 43.7 Å². The summed E-state index contributed by atoms with van der Waals surface area (Å²) in [5.74, 6) is -2.46. The summed E-state index contributed by atoms with van der Waals surface area (Å²) in [5, 5.41) is 14.3. The predicted octanol–water partition coefficient (Wildman–Crippen LogP) is 2.04. The van der Waals surface area contributed by atoms with Gasteiger partial charge in [0.25, 0.3) is 5.69 Å². The number of benzene rings is 2.